The van der Waals surface area contributed by atoms with Crippen molar-refractivity contribution in [2.24, 2.45) is 0 Å². The van der Waals surface area contributed by atoms with Crippen LogP contribution in [0.3, 0.4) is 0 Å². The minimum absolute atomic E-state index is 0.557. The zero-order valence-corrected chi connectivity index (χ0v) is 28.7. The average molecular weight is 681 g/mol. The number of aromatic nitrogens is 3. The summed E-state index contributed by atoms with van der Waals surface area (Å²) in [4.78, 5) is 17.1. The highest BCUT2D eigenvalue weighted by Crippen LogP contribution is 2.62. The standard InChI is InChI=1S/C47H28N4S/c48-29-30-19-25-42-40(27-30)47(38-17-9-7-15-36(38)37-16-8-10-18-39(37)47)41-28-35(24-26-43(41)52-42)31-20-22-34(23-21-31)46-50-44(32-11-3-1-4-12-32)49-45(51-46)33-13-5-2-6-14-33/h1-28H. The van der Waals surface area contributed by atoms with E-state index in [1.54, 1.807) is 11.8 Å². The number of nitriles is 1. The topological polar surface area (TPSA) is 62.5 Å². The van der Waals surface area contributed by atoms with Crippen LogP contribution in [0.5, 0.6) is 0 Å². The molecule has 0 saturated carbocycles. The molecule has 2 aliphatic rings. The molecule has 1 aliphatic heterocycles. The van der Waals surface area contributed by atoms with Gasteiger partial charge in [0, 0.05) is 26.5 Å². The molecule has 242 valence electrons. The molecule has 52 heavy (non-hydrogen) atoms. The number of hydrogen-bond donors (Lipinski definition) is 0. The summed E-state index contributed by atoms with van der Waals surface area (Å²) in [5.74, 6) is 1.91. The predicted octanol–water partition coefficient (Wildman–Crippen LogP) is 11.2. The number of hydrogen-bond acceptors (Lipinski definition) is 5. The van der Waals surface area contributed by atoms with Crippen molar-refractivity contribution in [2.75, 3.05) is 0 Å². The smallest absolute Gasteiger partial charge is 0.164 e. The van der Waals surface area contributed by atoms with Gasteiger partial charge >= 0.3 is 0 Å². The van der Waals surface area contributed by atoms with E-state index in [-0.39, 0.29) is 0 Å². The molecule has 2 heterocycles. The van der Waals surface area contributed by atoms with Crippen molar-refractivity contribution in [3.05, 3.63) is 198 Å². The molecule has 0 N–H and O–H groups in total. The predicted molar refractivity (Wildman–Crippen MR) is 208 cm³/mol. The van der Waals surface area contributed by atoms with Gasteiger partial charge in [-0.15, -0.1) is 0 Å². The quantitative estimate of drug-likeness (QED) is 0.185. The van der Waals surface area contributed by atoms with Crippen LogP contribution in [-0.2, 0) is 5.41 Å². The fourth-order valence-electron chi connectivity index (χ4n) is 7.90. The second-order valence-electron chi connectivity index (χ2n) is 13.1. The third-order valence-corrected chi connectivity index (χ3v) is 11.4. The Morgan fingerprint density at radius 2 is 0.846 bits per heavy atom. The van der Waals surface area contributed by atoms with Gasteiger partial charge in [0.1, 0.15) is 0 Å². The molecule has 1 aromatic heterocycles. The molecule has 7 aromatic carbocycles. The van der Waals surface area contributed by atoms with E-state index in [1.165, 1.54) is 37.6 Å². The maximum absolute atomic E-state index is 10.0. The van der Waals surface area contributed by atoms with Gasteiger partial charge in [0.05, 0.1) is 17.0 Å². The van der Waals surface area contributed by atoms with E-state index in [2.05, 4.69) is 109 Å². The fraction of sp³-hybridized carbons (Fsp3) is 0.0213. The molecule has 4 nitrogen and oxygen atoms in total. The number of fused-ring (bicyclic) bond motifs is 9. The van der Waals surface area contributed by atoms with Crippen molar-refractivity contribution < 1.29 is 0 Å². The molecule has 0 bridgehead atoms. The fourth-order valence-corrected chi connectivity index (χ4v) is 9.05. The second kappa shape index (κ2) is 12.0. The molecule has 0 amide bonds. The highest BCUT2D eigenvalue weighted by molar-refractivity contribution is 7.99. The third-order valence-electron chi connectivity index (χ3n) is 10.2. The van der Waals surface area contributed by atoms with Crippen LogP contribution in [0.15, 0.2) is 180 Å². The Morgan fingerprint density at radius 3 is 1.40 bits per heavy atom. The minimum atomic E-state index is -0.557. The van der Waals surface area contributed by atoms with Crippen molar-refractivity contribution in [3.8, 4) is 62.5 Å². The molecule has 10 rings (SSSR count). The zero-order valence-electron chi connectivity index (χ0n) is 27.9. The van der Waals surface area contributed by atoms with E-state index < -0.39 is 5.41 Å². The molecule has 0 atom stereocenters. The van der Waals surface area contributed by atoms with Gasteiger partial charge in [-0.3, -0.25) is 0 Å². The van der Waals surface area contributed by atoms with Crippen LogP contribution < -0.4 is 0 Å². The average Bonchev–Trinajstić information content (AvgIpc) is 3.52. The minimum Gasteiger partial charge on any atom is -0.208 e. The maximum atomic E-state index is 10.0. The lowest BCUT2D eigenvalue weighted by molar-refractivity contribution is 0.722. The lowest BCUT2D eigenvalue weighted by atomic mass is 9.66. The first-order valence-electron chi connectivity index (χ1n) is 17.2. The highest BCUT2D eigenvalue weighted by atomic mass is 32.2. The van der Waals surface area contributed by atoms with Gasteiger partial charge in [-0.25, -0.2) is 15.0 Å². The van der Waals surface area contributed by atoms with Crippen molar-refractivity contribution >= 4 is 11.8 Å². The van der Waals surface area contributed by atoms with E-state index in [0.29, 0.717) is 23.0 Å². The molecular formula is C47H28N4S. The lowest BCUT2D eigenvalue weighted by Gasteiger charge is -2.40. The maximum Gasteiger partial charge on any atom is 0.164 e. The first-order valence-corrected chi connectivity index (χ1v) is 18.1. The van der Waals surface area contributed by atoms with E-state index in [1.807, 2.05) is 66.7 Å². The Morgan fingerprint density at radius 1 is 0.404 bits per heavy atom. The summed E-state index contributed by atoms with van der Waals surface area (Å²) < 4.78 is 0. The molecule has 8 aromatic rings. The van der Waals surface area contributed by atoms with Crippen molar-refractivity contribution in [3.63, 3.8) is 0 Å². The Kier molecular flexibility index (Phi) is 6.99. The molecule has 1 spiro atoms. The van der Waals surface area contributed by atoms with Gasteiger partial charge in [-0.1, -0.05) is 151 Å². The summed E-state index contributed by atoms with van der Waals surface area (Å²) in [5, 5.41) is 10.0. The number of rotatable bonds is 4. The number of nitrogens with zero attached hydrogens (tertiary/aromatic N) is 4. The highest BCUT2D eigenvalue weighted by Gasteiger charge is 2.50. The van der Waals surface area contributed by atoms with E-state index in [0.717, 1.165) is 33.4 Å². The first kappa shape index (κ1) is 30.2. The van der Waals surface area contributed by atoms with Crippen LogP contribution >= 0.6 is 11.8 Å². The van der Waals surface area contributed by atoms with Crippen LogP contribution in [0.1, 0.15) is 27.8 Å². The largest absolute Gasteiger partial charge is 0.208 e. The SMILES string of the molecule is N#Cc1ccc2c(c1)C1(c3cc(-c4ccc(-c5nc(-c6ccccc6)nc(-c6ccccc6)n5)cc4)ccc3S2)c2ccccc2-c2ccccc21. The van der Waals surface area contributed by atoms with E-state index >= 15 is 0 Å². The summed E-state index contributed by atoms with van der Waals surface area (Å²) in [6.45, 7) is 0. The Hall–Kier alpha value is -6.61. The van der Waals surface area contributed by atoms with Crippen LogP contribution in [0, 0.1) is 11.3 Å². The van der Waals surface area contributed by atoms with E-state index in [4.69, 9.17) is 15.0 Å². The summed E-state index contributed by atoms with van der Waals surface area (Å²) in [5.41, 5.74) is 12.5. The van der Waals surface area contributed by atoms with Gasteiger partial charge in [0.25, 0.3) is 0 Å². The number of benzene rings is 7. The molecular weight excluding hydrogens is 653 g/mol. The summed E-state index contributed by atoms with van der Waals surface area (Å²) in [7, 11) is 0. The summed E-state index contributed by atoms with van der Waals surface area (Å²) >= 11 is 1.78. The van der Waals surface area contributed by atoms with Gasteiger partial charge in [0.2, 0.25) is 0 Å². The van der Waals surface area contributed by atoms with Crippen molar-refractivity contribution in [1.29, 1.82) is 5.26 Å². The summed E-state index contributed by atoms with van der Waals surface area (Å²) in [6.07, 6.45) is 0. The van der Waals surface area contributed by atoms with Gasteiger partial charge in [-0.05, 0) is 74.8 Å². The monoisotopic (exact) mass is 680 g/mol. The Bertz CT molecular complexity index is 2610. The van der Waals surface area contributed by atoms with Crippen LogP contribution in [0.4, 0.5) is 0 Å². The normalized spacial score (nSPS) is 13.1. The molecule has 5 heteroatoms. The van der Waals surface area contributed by atoms with Crippen molar-refractivity contribution in [2.45, 2.75) is 15.2 Å². The first-order chi connectivity index (χ1) is 25.7. The second-order valence-corrected chi connectivity index (χ2v) is 14.2. The Balaban J connectivity index is 1.12. The Labute approximate surface area is 306 Å². The molecule has 0 saturated heterocycles. The molecule has 0 radical (unpaired) electrons. The van der Waals surface area contributed by atoms with E-state index in [9.17, 15) is 5.26 Å². The van der Waals surface area contributed by atoms with Crippen LogP contribution in [-0.4, -0.2) is 15.0 Å². The molecule has 1 aliphatic carbocycles. The lowest BCUT2D eigenvalue weighted by Crippen LogP contribution is -2.32. The van der Waals surface area contributed by atoms with Crippen molar-refractivity contribution in [1.82, 2.24) is 15.0 Å². The molecule has 0 unspecified atom stereocenters. The van der Waals surface area contributed by atoms with Crippen LogP contribution in [0.25, 0.3) is 56.4 Å². The zero-order chi connectivity index (χ0) is 34.6. The molecule has 0 fully saturated rings. The van der Waals surface area contributed by atoms with Crippen LogP contribution in [0.2, 0.25) is 0 Å². The van der Waals surface area contributed by atoms with Gasteiger partial charge in [0.15, 0.2) is 17.5 Å². The van der Waals surface area contributed by atoms with Gasteiger partial charge in [-0.2, -0.15) is 5.26 Å². The van der Waals surface area contributed by atoms with Gasteiger partial charge < -0.3 is 0 Å². The summed E-state index contributed by atoms with van der Waals surface area (Å²) in [6, 6.07) is 61.6. The third kappa shape index (κ3) is 4.66.